The highest BCUT2D eigenvalue weighted by atomic mass is 16.3. The van der Waals surface area contributed by atoms with Gasteiger partial charge in [0.25, 0.3) is 0 Å². The molecule has 0 amide bonds. The highest BCUT2D eigenvalue weighted by molar-refractivity contribution is 5.53. The summed E-state index contributed by atoms with van der Waals surface area (Å²) in [5.74, 6) is 0.895. The summed E-state index contributed by atoms with van der Waals surface area (Å²) >= 11 is 0. The monoisotopic (exact) mass is 440 g/mol. The zero-order valence-corrected chi connectivity index (χ0v) is 20.4. The van der Waals surface area contributed by atoms with E-state index in [1.54, 1.807) is 27.8 Å². The van der Waals surface area contributed by atoms with Gasteiger partial charge in [0.15, 0.2) is 0 Å². The maximum absolute atomic E-state index is 10.6. The van der Waals surface area contributed by atoms with Crippen LogP contribution in [0.25, 0.3) is 0 Å². The number of allylic oxidation sites excluding steroid dienone is 1. The summed E-state index contributed by atoms with van der Waals surface area (Å²) in [7, 11) is 0. The van der Waals surface area contributed by atoms with E-state index in [0.29, 0.717) is 0 Å². The molecule has 4 aliphatic carbocycles. The molecule has 174 valence electrons. The van der Waals surface area contributed by atoms with Gasteiger partial charge >= 0.3 is 0 Å². The van der Waals surface area contributed by atoms with E-state index in [9.17, 15) is 5.11 Å². The van der Waals surface area contributed by atoms with Crippen LogP contribution in [0.5, 0.6) is 0 Å². The minimum Gasteiger partial charge on any atom is -0.393 e. The fourth-order valence-corrected chi connectivity index (χ4v) is 8.22. The van der Waals surface area contributed by atoms with Crippen LogP contribution in [0.2, 0.25) is 0 Å². The Morgan fingerprint density at radius 2 is 1.70 bits per heavy atom. The topological polar surface area (TPSA) is 20.2 Å². The minimum atomic E-state index is -0.149. The number of hydrogen-bond acceptors (Lipinski definition) is 1. The summed E-state index contributed by atoms with van der Waals surface area (Å²) in [5.41, 5.74) is 9.91. The van der Waals surface area contributed by atoms with Gasteiger partial charge in [0, 0.05) is 5.41 Å². The van der Waals surface area contributed by atoms with Crippen molar-refractivity contribution in [1.82, 2.24) is 0 Å². The van der Waals surface area contributed by atoms with Gasteiger partial charge in [-0.3, -0.25) is 0 Å². The first kappa shape index (κ1) is 21.7. The number of hydrogen-bond donors (Lipinski definition) is 1. The fourth-order valence-electron chi connectivity index (χ4n) is 8.22. The van der Waals surface area contributed by atoms with Gasteiger partial charge < -0.3 is 5.11 Å². The Balaban J connectivity index is 1.42. The lowest BCUT2D eigenvalue weighted by atomic mass is 9.54. The summed E-state index contributed by atoms with van der Waals surface area (Å²) in [4.78, 5) is 0. The molecule has 1 heteroatoms. The predicted octanol–water partition coefficient (Wildman–Crippen LogP) is 7.49. The minimum absolute atomic E-state index is 0.122. The second-order valence-corrected chi connectivity index (χ2v) is 12.0. The first-order valence-electron chi connectivity index (χ1n) is 13.6. The van der Waals surface area contributed by atoms with Crippen molar-refractivity contribution >= 4 is 0 Å². The second-order valence-electron chi connectivity index (χ2n) is 12.0. The van der Waals surface area contributed by atoms with E-state index in [4.69, 9.17) is 0 Å². The third-order valence-corrected chi connectivity index (χ3v) is 9.83. The molecule has 0 unspecified atom stereocenters. The van der Waals surface area contributed by atoms with Crippen molar-refractivity contribution in [1.29, 1.82) is 0 Å². The Labute approximate surface area is 200 Å². The van der Waals surface area contributed by atoms with Crippen molar-refractivity contribution in [3.05, 3.63) is 81.9 Å². The molecule has 1 N–H and O–H groups in total. The van der Waals surface area contributed by atoms with Gasteiger partial charge in [-0.05, 0) is 85.0 Å². The Bertz CT molecular complexity index is 1040. The van der Waals surface area contributed by atoms with Gasteiger partial charge in [-0.25, -0.2) is 0 Å². The summed E-state index contributed by atoms with van der Waals surface area (Å²) in [6, 6.07) is 18.8. The zero-order valence-electron chi connectivity index (χ0n) is 20.4. The molecule has 2 fully saturated rings. The number of benzene rings is 2. The lowest BCUT2D eigenvalue weighted by Crippen LogP contribution is -2.42. The molecule has 2 saturated carbocycles. The van der Waals surface area contributed by atoms with Gasteiger partial charge in [-0.1, -0.05) is 98.7 Å². The molecule has 0 aromatic heterocycles. The zero-order chi connectivity index (χ0) is 22.5. The average Bonchev–Trinajstić information content (AvgIpc) is 3.14. The van der Waals surface area contributed by atoms with E-state index < -0.39 is 0 Å². The maximum Gasteiger partial charge on any atom is 0.0585 e. The maximum atomic E-state index is 10.6. The van der Waals surface area contributed by atoms with Gasteiger partial charge in [0.1, 0.15) is 0 Å². The van der Waals surface area contributed by atoms with Crippen molar-refractivity contribution in [3.8, 4) is 0 Å². The van der Waals surface area contributed by atoms with Crippen LogP contribution in [0.15, 0.2) is 59.7 Å². The summed E-state index contributed by atoms with van der Waals surface area (Å²) in [6.07, 6.45) is 16.0. The van der Waals surface area contributed by atoms with E-state index in [1.165, 1.54) is 69.8 Å². The molecule has 0 spiro atoms. The van der Waals surface area contributed by atoms with E-state index in [-0.39, 0.29) is 16.9 Å². The molecule has 1 nitrogen and oxygen atoms in total. The van der Waals surface area contributed by atoms with Crippen LogP contribution in [-0.2, 0) is 24.7 Å². The Morgan fingerprint density at radius 3 is 2.52 bits per heavy atom. The fraction of sp³-hybridized carbons (Fsp3) is 0.562. The van der Waals surface area contributed by atoms with Crippen LogP contribution in [0.1, 0.15) is 93.4 Å². The molecule has 33 heavy (non-hydrogen) atoms. The van der Waals surface area contributed by atoms with Gasteiger partial charge in [-0.15, -0.1) is 0 Å². The molecule has 6 rings (SSSR count). The molecule has 0 aliphatic heterocycles. The first-order chi connectivity index (χ1) is 16.1. The standard InChI is InChI=1S/C32H40O/c1-31-16-17-32(21-24-10-6-3-7-11-24)28-14-12-25(18-23-8-4-2-5-9-23)19-26(28)13-15-29(32)30(31)20-27(33)22-31/h3,6-7,10-12,14,19,23,27,33H,2,4-5,8-9,13,15-18,20-22H2,1H3/t27-,31-,32+/m0/s1. The number of aliphatic hydroxyl groups excluding tert-OH is 1. The summed E-state index contributed by atoms with van der Waals surface area (Å²) in [6.45, 7) is 2.43. The molecule has 0 bridgehead atoms. The van der Waals surface area contributed by atoms with Crippen molar-refractivity contribution in [2.24, 2.45) is 11.3 Å². The molecule has 0 saturated heterocycles. The summed E-state index contributed by atoms with van der Waals surface area (Å²) < 4.78 is 0. The van der Waals surface area contributed by atoms with Crippen LogP contribution < -0.4 is 0 Å². The van der Waals surface area contributed by atoms with Gasteiger partial charge in [0.05, 0.1) is 6.10 Å². The Kier molecular flexibility index (Phi) is 5.52. The Morgan fingerprint density at radius 1 is 0.879 bits per heavy atom. The van der Waals surface area contributed by atoms with Crippen LogP contribution in [-0.4, -0.2) is 11.2 Å². The normalized spacial score (nSPS) is 31.8. The third kappa shape index (κ3) is 3.81. The van der Waals surface area contributed by atoms with Gasteiger partial charge in [0.2, 0.25) is 0 Å². The predicted molar refractivity (Wildman–Crippen MR) is 136 cm³/mol. The highest BCUT2D eigenvalue weighted by Crippen LogP contribution is 2.60. The molecular weight excluding hydrogens is 400 g/mol. The van der Waals surface area contributed by atoms with Crippen LogP contribution in [0, 0.1) is 11.3 Å². The van der Waals surface area contributed by atoms with E-state index in [1.807, 2.05) is 0 Å². The number of aliphatic hydroxyl groups is 1. The van der Waals surface area contributed by atoms with Crippen molar-refractivity contribution in [2.45, 2.75) is 102 Å². The van der Waals surface area contributed by atoms with Crippen LogP contribution in [0.3, 0.4) is 0 Å². The second kappa shape index (κ2) is 8.42. The highest BCUT2D eigenvalue weighted by Gasteiger charge is 2.52. The van der Waals surface area contributed by atoms with Crippen LogP contribution in [0.4, 0.5) is 0 Å². The smallest absolute Gasteiger partial charge is 0.0585 e. The van der Waals surface area contributed by atoms with E-state index in [2.05, 4.69) is 55.5 Å². The number of aryl methyl sites for hydroxylation is 1. The van der Waals surface area contributed by atoms with Crippen LogP contribution >= 0.6 is 0 Å². The first-order valence-corrected chi connectivity index (χ1v) is 13.6. The average molecular weight is 441 g/mol. The van der Waals surface area contributed by atoms with Gasteiger partial charge in [-0.2, -0.15) is 0 Å². The molecule has 0 heterocycles. The van der Waals surface area contributed by atoms with Crippen molar-refractivity contribution < 1.29 is 5.11 Å². The molecule has 3 atom stereocenters. The van der Waals surface area contributed by atoms with Crippen molar-refractivity contribution in [2.75, 3.05) is 0 Å². The molecule has 0 radical (unpaired) electrons. The molecule has 2 aromatic carbocycles. The third-order valence-electron chi connectivity index (χ3n) is 9.83. The lowest BCUT2D eigenvalue weighted by Gasteiger charge is -2.50. The van der Waals surface area contributed by atoms with E-state index in [0.717, 1.165) is 25.2 Å². The molecule has 2 aromatic rings. The SMILES string of the molecule is C[C@@]12CC[C@]3(Cc4ccccc4)C(=C1C[C@H](O)C2)CCc1cc(CC2CCCCC2)ccc13. The largest absolute Gasteiger partial charge is 0.393 e. The number of rotatable bonds is 4. The molecule has 4 aliphatic rings. The quantitative estimate of drug-likeness (QED) is 0.488. The van der Waals surface area contributed by atoms with Crippen molar-refractivity contribution in [3.63, 3.8) is 0 Å². The number of fused-ring (bicyclic) bond motifs is 4. The summed E-state index contributed by atoms with van der Waals surface area (Å²) in [5, 5.41) is 10.6. The Hall–Kier alpha value is -1.86. The van der Waals surface area contributed by atoms with E-state index >= 15 is 0 Å². The molecular formula is C32H40O. The lowest BCUT2D eigenvalue weighted by molar-refractivity contribution is 0.156.